The van der Waals surface area contributed by atoms with E-state index in [9.17, 15) is 8.42 Å². The minimum absolute atomic E-state index is 0.105. The summed E-state index contributed by atoms with van der Waals surface area (Å²) in [5, 5.41) is 6.42. The predicted molar refractivity (Wildman–Crippen MR) is 114 cm³/mol. The maximum Gasteiger partial charge on any atom is 0.262 e. The van der Waals surface area contributed by atoms with Gasteiger partial charge < -0.3 is 20.1 Å². The summed E-state index contributed by atoms with van der Waals surface area (Å²) in [6.07, 6.45) is 2.45. The lowest BCUT2D eigenvalue weighted by atomic mass is 10.3. The van der Waals surface area contributed by atoms with Crippen LogP contribution in [0.5, 0.6) is 11.5 Å². The number of hydrogen-bond acceptors (Lipinski definition) is 5. The largest absolute Gasteiger partial charge is 0.490 e. The Labute approximate surface area is 169 Å². The molecule has 2 aromatic rings. The number of thiocarbonyl (C=S) groups is 1. The maximum absolute atomic E-state index is 12.7. The molecule has 0 bridgehead atoms. The van der Waals surface area contributed by atoms with Crippen LogP contribution in [-0.2, 0) is 10.0 Å². The average Bonchev–Trinajstić information content (AvgIpc) is 2.92. The molecule has 1 aliphatic heterocycles. The van der Waals surface area contributed by atoms with Crippen molar-refractivity contribution in [1.82, 2.24) is 5.32 Å². The van der Waals surface area contributed by atoms with Crippen LogP contribution in [0.15, 0.2) is 60.0 Å². The van der Waals surface area contributed by atoms with Gasteiger partial charge in [-0.25, -0.2) is 8.42 Å². The quantitative estimate of drug-likeness (QED) is 0.490. The van der Waals surface area contributed by atoms with Gasteiger partial charge in [0.15, 0.2) is 16.6 Å². The monoisotopic (exact) mass is 419 g/mol. The fraction of sp³-hybridized carbons (Fsp3) is 0.211. The van der Waals surface area contributed by atoms with Crippen LogP contribution in [0, 0.1) is 0 Å². The van der Waals surface area contributed by atoms with Crippen molar-refractivity contribution in [3.63, 3.8) is 0 Å². The first-order valence-corrected chi connectivity index (χ1v) is 10.6. The van der Waals surface area contributed by atoms with Crippen LogP contribution in [0.1, 0.15) is 6.42 Å². The highest BCUT2D eigenvalue weighted by molar-refractivity contribution is 7.92. The molecule has 0 aromatic heterocycles. The Morgan fingerprint density at radius 3 is 2.46 bits per heavy atom. The lowest BCUT2D eigenvalue weighted by Crippen LogP contribution is -2.28. The van der Waals surface area contributed by atoms with E-state index in [-0.39, 0.29) is 4.90 Å². The molecule has 3 N–H and O–H groups in total. The SMILES string of the molecule is C=CCNC(=S)Nc1ccc(NS(=O)(=O)c2ccc3c(c2)OCCCO3)cc1. The van der Waals surface area contributed by atoms with E-state index in [4.69, 9.17) is 21.7 Å². The molecule has 0 radical (unpaired) electrons. The van der Waals surface area contributed by atoms with Gasteiger partial charge in [0.1, 0.15) is 0 Å². The van der Waals surface area contributed by atoms with Gasteiger partial charge >= 0.3 is 0 Å². The third-order valence-corrected chi connectivity index (χ3v) is 5.46. The van der Waals surface area contributed by atoms with Gasteiger partial charge in [-0.15, -0.1) is 6.58 Å². The van der Waals surface area contributed by atoms with Crippen LogP contribution in [0.2, 0.25) is 0 Å². The molecule has 0 fully saturated rings. The Morgan fingerprint density at radius 1 is 1.07 bits per heavy atom. The molecule has 0 aliphatic carbocycles. The molecule has 7 nitrogen and oxygen atoms in total. The number of benzene rings is 2. The highest BCUT2D eigenvalue weighted by Gasteiger charge is 2.19. The molecule has 3 rings (SSSR count). The first-order chi connectivity index (χ1) is 13.5. The van der Waals surface area contributed by atoms with Crippen molar-refractivity contribution in [3.8, 4) is 11.5 Å². The van der Waals surface area contributed by atoms with E-state index in [1.54, 1.807) is 36.4 Å². The Bertz CT molecular complexity index is 960. The Kier molecular flexibility index (Phi) is 6.37. The van der Waals surface area contributed by atoms with Crippen molar-refractivity contribution >= 4 is 38.7 Å². The van der Waals surface area contributed by atoms with Gasteiger partial charge in [-0.2, -0.15) is 0 Å². The normalized spacial score (nSPS) is 13.1. The summed E-state index contributed by atoms with van der Waals surface area (Å²) in [5.74, 6) is 0.980. The molecule has 2 aromatic carbocycles. The highest BCUT2D eigenvalue weighted by atomic mass is 32.2. The summed E-state index contributed by atoms with van der Waals surface area (Å²) in [5.41, 5.74) is 1.17. The molecule has 28 heavy (non-hydrogen) atoms. The third-order valence-electron chi connectivity index (χ3n) is 3.83. The zero-order chi connectivity index (χ0) is 20.0. The zero-order valence-electron chi connectivity index (χ0n) is 15.1. The number of sulfonamides is 1. The zero-order valence-corrected chi connectivity index (χ0v) is 16.7. The number of ether oxygens (including phenoxy) is 2. The van der Waals surface area contributed by atoms with E-state index in [1.165, 1.54) is 12.1 Å². The van der Waals surface area contributed by atoms with Gasteiger partial charge in [-0.05, 0) is 48.6 Å². The third kappa shape index (κ3) is 5.14. The summed E-state index contributed by atoms with van der Waals surface area (Å²) < 4.78 is 39.0. The number of fused-ring (bicyclic) bond motifs is 1. The maximum atomic E-state index is 12.7. The van der Waals surface area contributed by atoms with Crippen molar-refractivity contribution in [2.45, 2.75) is 11.3 Å². The Hall–Kier alpha value is -2.78. The van der Waals surface area contributed by atoms with E-state index in [0.29, 0.717) is 42.1 Å². The first kappa shape index (κ1) is 20.0. The number of hydrogen-bond donors (Lipinski definition) is 3. The summed E-state index contributed by atoms with van der Waals surface area (Å²) in [7, 11) is -3.76. The molecular weight excluding hydrogens is 398 g/mol. The van der Waals surface area contributed by atoms with Crippen molar-refractivity contribution in [1.29, 1.82) is 0 Å². The van der Waals surface area contributed by atoms with Crippen molar-refractivity contribution < 1.29 is 17.9 Å². The topological polar surface area (TPSA) is 88.7 Å². The molecule has 0 saturated heterocycles. The predicted octanol–water partition coefficient (Wildman–Crippen LogP) is 3.12. The van der Waals surface area contributed by atoms with Crippen molar-refractivity contribution in [2.75, 3.05) is 29.8 Å². The second kappa shape index (κ2) is 8.94. The molecule has 9 heteroatoms. The average molecular weight is 420 g/mol. The molecule has 0 saturated carbocycles. The summed E-state index contributed by atoms with van der Waals surface area (Å²) in [6.45, 7) is 5.20. The lowest BCUT2D eigenvalue weighted by molar-refractivity contribution is 0.297. The first-order valence-electron chi connectivity index (χ1n) is 8.66. The Morgan fingerprint density at radius 2 is 1.75 bits per heavy atom. The number of nitrogens with one attached hydrogen (secondary N) is 3. The molecule has 148 valence electrons. The van der Waals surface area contributed by atoms with Crippen LogP contribution < -0.4 is 24.8 Å². The van der Waals surface area contributed by atoms with E-state index in [2.05, 4.69) is 21.9 Å². The summed E-state index contributed by atoms with van der Waals surface area (Å²) in [4.78, 5) is 0.105. The second-order valence-electron chi connectivity index (χ2n) is 5.97. The molecule has 0 atom stereocenters. The van der Waals surface area contributed by atoms with Gasteiger partial charge in [0.2, 0.25) is 0 Å². The molecule has 1 heterocycles. The molecule has 0 unspecified atom stereocenters. The van der Waals surface area contributed by atoms with E-state index >= 15 is 0 Å². The standard InChI is InChI=1S/C19H21N3O4S2/c1-2-10-20-19(27)21-14-4-6-15(7-5-14)22-28(23,24)16-8-9-17-18(13-16)26-12-3-11-25-17/h2,4-9,13,22H,1,3,10-12H2,(H2,20,21,27). The van der Waals surface area contributed by atoms with Gasteiger partial charge in [0.05, 0.1) is 18.1 Å². The smallest absolute Gasteiger partial charge is 0.262 e. The second-order valence-corrected chi connectivity index (χ2v) is 8.06. The van der Waals surface area contributed by atoms with Crippen molar-refractivity contribution in [3.05, 3.63) is 55.1 Å². The molecule has 0 amide bonds. The summed E-state index contributed by atoms with van der Waals surface area (Å²) >= 11 is 5.14. The fourth-order valence-electron chi connectivity index (χ4n) is 2.49. The number of rotatable bonds is 6. The van der Waals surface area contributed by atoms with E-state index in [0.717, 1.165) is 12.1 Å². The minimum atomic E-state index is -3.76. The van der Waals surface area contributed by atoms with Crippen LogP contribution in [0.3, 0.4) is 0 Å². The van der Waals surface area contributed by atoms with E-state index in [1.807, 2.05) is 0 Å². The highest BCUT2D eigenvalue weighted by Crippen LogP contribution is 2.32. The Balaban J connectivity index is 1.69. The van der Waals surface area contributed by atoms with Gasteiger partial charge in [-0.1, -0.05) is 6.08 Å². The minimum Gasteiger partial charge on any atom is -0.490 e. The molecule has 1 aliphatic rings. The van der Waals surface area contributed by atoms with Gasteiger partial charge in [0.25, 0.3) is 10.0 Å². The summed E-state index contributed by atoms with van der Waals surface area (Å²) in [6, 6.07) is 11.3. The van der Waals surface area contributed by atoms with Gasteiger partial charge in [-0.3, -0.25) is 4.72 Å². The lowest BCUT2D eigenvalue weighted by Gasteiger charge is -2.12. The van der Waals surface area contributed by atoms with Crippen LogP contribution >= 0.6 is 12.2 Å². The molecular formula is C19H21N3O4S2. The van der Waals surface area contributed by atoms with Gasteiger partial charge in [0, 0.05) is 30.4 Å². The number of anilines is 2. The van der Waals surface area contributed by atoms with Crippen LogP contribution in [0.25, 0.3) is 0 Å². The van der Waals surface area contributed by atoms with E-state index < -0.39 is 10.0 Å². The van der Waals surface area contributed by atoms with Crippen LogP contribution in [0.4, 0.5) is 11.4 Å². The van der Waals surface area contributed by atoms with Crippen LogP contribution in [-0.4, -0.2) is 33.3 Å². The molecule has 0 spiro atoms. The van der Waals surface area contributed by atoms with Crippen molar-refractivity contribution in [2.24, 2.45) is 0 Å². The fourth-order valence-corrected chi connectivity index (χ4v) is 3.76.